The number of aromatic amines is 1. The number of nitrogens with zero attached hydrogens (tertiary/aromatic N) is 1. The molecule has 0 spiro atoms. The van der Waals surface area contributed by atoms with Crippen molar-refractivity contribution in [1.82, 2.24) is 9.97 Å². The van der Waals surface area contributed by atoms with Crippen LogP contribution in [0, 0.1) is 10.6 Å². The number of benzene rings is 1. The summed E-state index contributed by atoms with van der Waals surface area (Å²) in [6, 6.07) is 4.07. The standard InChI is InChI=1S/C11H5ClF4N2S/c12-7-2-1-5(13)3-6(7)8-4-9(11(14,15)16)18-10(19)17-8/h1-4H,(H,17,18,19). The van der Waals surface area contributed by atoms with Gasteiger partial charge in [-0.05, 0) is 36.5 Å². The fourth-order valence-corrected chi connectivity index (χ4v) is 1.86. The first-order valence-corrected chi connectivity index (χ1v) is 5.70. The van der Waals surface area contributed by atoms with Crippen molar-refractivity contribution >= 4 is 23.8 Å². The van der Waals surface area contributed by atoms with E-state index in [9.17, 15) is 17.6 Å². The molecule has 8 heteroatoms. The van der Waals surface area contributed by atoms with Crippen LogP contribution in [0.4, 0.5) is 17.6 Å². The first kappa shape index (κ1) is 14.0. The lowest BCUT2D eigenvalue weighted by Crippen LogP contribution is -2.09. The van der Waals surface area contributed by atoms with Gasteiger partial charge in [0.25, 0.3) is 0 Å². The van der Waals surface area contributed by atoms with E-state index in [1.165, 1.54) is 6.07 Å². The second-order valence-corrected chi connectivity index (χ2v) is 4.40. The minimum Gasteiger partial charge on any atom is -0.327 e. The zero-order valence-corrected chi connectivity index (χ0v) is 10.6. The molecule has 0 bridgehead atoms. The van der Waals surface area contributed by atoms with E-state index in [1.807, 2.05) is 4.98 Å². The third kappa shape index (κ3) is 3.10. The zero-order chi connectivity index (χ0) is 14.2. The molecule has 0 saturated carbocycles. The number of aromatic nitrogens is 2. The van der Waals surface area contributed by atoms with Gasteiger partial charge in [0.15, 0.2) is 4.77 Å². The summed E-state index contributed by atoms with van der Waals surface area (Å²) in [6.07, 6.45) is -4.61. The van der Waals surface area contributed by atoms with E-state index in [4.69, 9.17) is 11.6 Å². The molecule has 0 fully saturated rings. The van der Waals surface area contributed by atoms with E-state index in [0.29, 0.717) is 0 Å². The molecule has 0 radical (unpaired) electrons. The molecule has 19 heavy (non-hydrogen) atoms. The Kier molecular flexibility index (Phi) is 3.60. The fraction of sp³-hybridized carbons (Fsp3) is 0.0909. The van der Waals surface area contributed by atoms with Crippen molar-refractivity contribution in [3.05, 3.63) is 45.6 Å². The van der Waals surface area contributed by atoms with Crippen molar-refractivity contribution in [2.24, 2.45) is 0 Å². The first-order chi connectivity index (χ1) is 8.77. The molecule has 0 aliphatic carbocycles. The predicted molar refractivity (Wildman–Crippen MR) is 64.8 cm³/mol. The maximum Gasteiger partial charge on any atom is 0.431 e. The maximum atomic E-state index is 13.1. The number of H-pyrrole nitrogens is 1. The van der Waals surface area contributed by atoms with Crippen molar-refractivity contribution in [2.75, 3.05) is 0 Å². The van der Waals surface area contributed by atoms with E-state index < -0.39 is 17.7 Å². The second-order valence-electron chi connectivity index (χ2n) is 3.61. The summed E-state index contributed by atoms with van der Waals surface area (Å²) in [5.41, 5.74) is -1.16. The second kappa shape index (κ2) is 4.90. The van der Waals surface area contributed by atoms with Crippen LogP contribution < -0.4 is 0 Å². The molecule has 0 aliphatic heterocycles. The maximum absolute atomic E-state index is 13.1. The normalized spacial score (nSPS) is 11.6. The highest BCUT2D eigenvalue weighted by Gasteiger charge is 2.32. The molecule has 2 rings (SSSR count). The zero-order valence-electron chi connectivity index (χ0n) is 9.05. The Balaban J connectivity index is 2.66. The molecule has 1 heterocycles. The van der Waals surface area contributed by atoms with Crippen LogP contribution in [0.25, 0.3) is 11.3 Å². The Morgan fingerprint density at radius 2 is 1.89 bits per heavy atom. The van der Waals surface area contributed by atoms with Crippen LogP contribution in [0.1, 0.15) is 5.69 Å². The Morgan fingerprint density at radius 1 is 1.21 bits per heavy atom. The van der Waals surface area contributed by atoms with Gasteiger partial charge in [-0.3, -0.25) is 0 Å². The van der Waals surface area contributed by atoms with E-state index in [1.54, 1.807) is 0 Å². The van der Waals surface area contributed by atoms with Gasteiger partial charge in [0, 0.05) is 5.56 Å². The van der Waals surface area contributed by atoms with Crippen LogP contribution in [0.5, 0.6) is 0 Å². The number of nitrogens with one attached hydrogen (secondary N) is 1. The monoisotopic (exact) mass is 308 g/mol. The van der Waals surface area contributed by atoms with E-state index in [0.717, 1.165) is 18.2 Å². The third-order valence-corrected chi connectivity index (χ3v) is 2.78. The average Bonchev–Trinajstić information content (AvgIpc) is 2.30. The molecule has 2 aromatic rings. The summed E-state index contributed by atoms with van der Waals surface area (Å²) in [6.45, 7) is 0. The van der Waals surface area contributed by atoms with Gasteiger partial charge in [0.05, 0.1) is 10.7 Å². The van der Waals surface area contributed by atoms with E-state index in [-0.39, 0.29) is 21.1 Å². The Labute approximate surface area is 115 Å². The van der Waals surface area contributed by atoms with Gasteiger partial charge in [-0.2, -0.15) is 13.2 Å². The van der Waals surface area contributed by atoms with E-state index in [2.05, 4.69) is 17.2 Å². The van der Waals surface area contributed by atoms with Crippen LogP contribution in [0.15, 0.2) is 24.3 Å². The van der Waals surface area contributed by atoms with Crippen molar-refractivity contribution in [1.29, 1.82) is 0 Å². The summed E-state index contributed by atoms with van der Waals surface area (Å²) >= 11 is 10.4. The lowest BCUT2D eigenvalue weighted by atomic mass is 10.1. The molecule has 0 atom stereocenters. The van der Waals surface area contributed by atoms with E-state index >= 15 is 0 Å². The molecule has 0 aliphatic rings. The summed E-state index contributed by atoms with van der Waals surface area (Å²) in [4.78, 5) is 5.66. The quantitative estimate of drug-likeness (QED) is 0.615. The number of hydrogen-bond donors (Lipinski definition) is 1. The largest absolute Gasteiger partial charge is 0.431 e. The number of rotatable bonds is 1. The van der Waals surface area contributed by atoms with Crippen LogP contribution in [0.2, 0.25) is 5.02 Å². The smallest absolute Gasteiger partial charge is 0.327 e. The highest BCUT2D eigenvalue weighted by Crippen LogP contribution is 2.32. The number of halogens is 5. The van der Waals surface area contributed by atoms with Gasteiger partial charge in [0.1, 0.15) is 11.5 Å². The fourth-order valence-electron chi connectivity index (χ4n) is 1.44. The lowest BCUT2D eigenvalue weighted by Gasteiger charge is -2.09. The van der Waals surface area contributed by atoms with Crippen LogP contribution >= 0.6 is 23.8 Å². The van der Waals surface area contributed by atoms with Gasteiger partial charge < -0.3 is 4.98 Å². The molecule has 1 aromatic heterocycles. The predicted octanol–water partition coefficient (Wildman–Crippen LogP) is 4.62. The van der Waals surface area contributed by atoms with Gasteiger partial charge in [-0.25, -0.2) is 9.37 Å². The summed E-state index contributed by atoms with van der Waals surface area (Å²) in [7, 11) is 0. The minimum absolute atomic E-state index is 0.0484. The van der Waals surface area contributed by atoms with Crippen molar-refractivity contribution in [3.8, 4) is 11.3 Å². The van der Waals surface area contributed by atoms with Gasteiger partial charge in [-0.1, -0.05) is 11.6 Å². The van der Waals surface area contributed by atoms with Crippen molar-refractivity contribution < 1.29 is 17.6 Å². The Hall–Kier alpha value is -1.47. The van der Waals surface area contributed by atoms with Gasteiger partial charge >= 0.3 is 6.18 Å². The molecule has 1 aromatic carbocycles. The molecule has 2 nitrogen and oxygen atoms in total. The SMILES string of the molecule is Fc1ccc(Cl)c(-c2cc(C(F)(F)F)[nH]c(=S)n2)c1. The molecule has 0 saturated heterocycles. The van der Waals surface area contributed by atoms with Gasteiger partial charge in [0.2, 0.25) is 0 Å². The Morgan fingerprint density at radius 3 is 2.53 bits per heavy atom. The molecular formula is C11H5ClF4N2S. The van der Waals surface area contributed by atoms with Crippen molar-refractivity contribution in [3.63, 3.8) is 0 Å². The average molecular weight is 309 g/mol. The lowest BCUT2D eigenvalue weighted by molar-refractivity contribution is -0.141. The molecular weight excluding hydrogens is 304 g/mol. The van der Waals surface area contributed by atoms with Crippen LogP contribution in [-0.2, 0) is 6.18 Å². The summed E-state index contributed by atoms with van der Waals surface area (Å²) in [5, 5.41) is 0.0858. The third-order valence-electron chi connectivity index (χ3n) is 2.25. The Bertz CT molecular complexity index is 681. The molecule has 100 valence electrons. The highest BCUT2D eigenvalue weighted by molar-refractivity contribution is 7.71. The first-order valence-electron chi connectivity index (χ1n) is 4.91. The summed E-state index contributed by atoms with van der Waals surface area (Å²) < 4.78 is 50.7. The van der Waals surface area contributed by atoms with Gasteiger partial charge in [-0.15, -0.1) is 0 Å². The molecule has 0 amide bonds. The van der Waals surface area contributed by atoms with Crippen molar-refractivity contribution in [2.45, 2.75) is 6.18 Å². The minimum atomic E-state index is -4.61. The van der Waals surface area contributed by atoms with Crippen LogP contribution in [0.3, 0.4) is 0 Å². The molecule has 1 N–H and O–H groups in total. The highest BCUT2D eigenvalue weighted by atomic mass is 35.5. The topological polar surface area (TPSA) is 28.7 Å². The van der Waals surface area contributed by atoms with Crippen LogP contribution in [-0.4, -0.2) is 9.97 Å². The number of alkyl halides is 3. The molecule has 0 unspecified atom stereocenters. The summed E-state index contributed by atoms with van der Waals surface area (Å²) in [5.74, 6) is -0.631. The number of hydrogen-bond acceptors (Lipinski definition) is 2.